The summed E-state index contributed by atoms with van der Waals surface area (Å²) in [5.41, 5.74) is 1.57. The van der Waals surface area contributed by atoms with Crippen molar-refractivity contribution < 1.29 is 0 Å². The molecule has 124 valence electrons. The summed E-state index contributed by atoms with van der Waals surface area (Å²) in [7, 11) is 0. The Morgan fingerprint density at radius 3 is 2.42 bits per heavy atom. The fourth-order valence-electron chi connectivity index (χ4n) is 5.10. The van der Waals surface area contributed by atoms with E-state index in [-0.39, 0.29) is 5.41 Å². The molecule has 0 spiro atoms. The van der Waals surface area contributed by atoms with E-state index >= 15 is 0 Å². The SMILES string of the molecule is c1ccc(C23CN4CCN(CC(C4)C2Nc2cnccn2)C3)cc1. The van der Waals surface area contributed by atoms with E-state index in [0.717, 1.165) is 18.9 Å². The van der Waals surface area contributed by atoms with Crippen LogP contribution in [0.1, 0.15) is 5.56 Å². The first-order valence-electron chi connectivity index (χ1n) is 8.86. The summed E-state index contributed by atoms with van der Waals surface area (Å²) < 4.78 is 0. The Bertz CT molecular complexity index is 688. The number of fused-ring (bicyclic) bond motifs is 1. The van der Waals surface area contributed by atoms with Crippen LogP contribution in [0.15, 0.2) is 48.9 Å². The van der Waals surface area contributed by atoms with Crippen LogP contribution in [0.2, 0.25) is 0 Å². The maximum atomic E-state index is 4.48. The van der Waals surface area contributed by atoms with Crippen LogP contribution in [0.4, 0.5) is 5.82 Å². The van der Waals surface area contributed by atoms with E-state index in [1.54, 1.807) is 12.4 Å². The third-order valence-electron chi connectivity index (χ3n) is 6.01. The highest BCUT2D eigenvalue weighted by Crippen LogP contribution is 2.44. The molecule has 1 aromatic carbocycles. The van der Waals surface area contributed by atoms with Gasteiger partial charge in [-0.3, -0.25) is 4.98 Å². The van der Waals surface area contributed by atoms with E-state index in [4.69, 9.17) is 0 Å². The lowest BCUT2D eigenvalue weighted by Crippen LogP contribution is -2.68. The van der Waals surface area contributed by atoms with Gasteiger partial charge in [0.05, 0.1) is 6.20 Å². The Morgan fingerprint density at radius 2 is 1.75 bits per heavy atom. The number of nitrogens with zero attached hydrogens (tertiary/aromatic N) is 4. The molecule has 4 aliphatic heterocycles. The van der Waals surface area contributed by atoms with Gasteiger partial charge in [-0.15, -0.1) is 0 Å². The monoisotopic (exact) mass is 321 g/mol. The highest BCUT2D eigenvalue weighted by atomic mass is 15.3. The molecule has 4 saturated heterocycles. The molecule has 3 atom stereocenters. The van der Waals surface area contributed by atoms with Crippen LogP contribution in [0, 0.1) is 5.92 Å². The zero-order valence-corrected chi connectivity index (χ0v) is 13.8. The molecule has 6 rings (SSSR count). The minimum atomic E-state index is 0.121. The van der Waals surface area contributed by atoms with Gasteiger partial charge >= 0.3 is 0 Å². The summed E-state index contributed by atoms with van der Waals surface area (Å²) in [6.07, 6.45) is 5.35. The number of aromatic nitrogens is 2. The van der Waals surface area contributed by atoms with Gasteiger partial charge in [0.15, 0.2) is 0 Å². The summed E-state index contributed by atoms with van der Waals surface area (Å²) in [6, 6.07) is 11.5. The van der Waals surface area contributed by atoms with E-state index in [1.807, 2.05) is 6.20 Å². The number of anilines is 1. The van der Waals surface area contributed by atoms with Crippen LogP contribution < -0.4 is 5.32 Å². The molecule has 5 heterocycles. The molecule has 2 aromatic rings. The minimum absolute atomic E-state index is 0.121. The van der Waals surface area contributed by atoms with Crippen molar-refractivity contribution in [3.8, 4) is 0 Å². The molecule has 24 heavy (non-hydrogen) atoms. The number of nitrogens with one attached hydrogen (secondary N) is 1. The molecule has 0 saturated carbocycles. The lowest BCUT2D eigenvalue weighted by molar-refractivity contribution is 0.0437. The molecular weight excluding hydrogens is 298 g/mol. The Hall–Kier alpha value is -1.98. The van der Waals surface area contributed by atoms with Gasteiger partial charge in [0.2, 0.25) is 0 Å². The number of piperidine rings is 2. The van der Waals surface area contributed by atoms with E-state index in [1.165, 1.54) is 31.7 Å². The second-order valence-electron chi connectivity index (χ2n) is 7.47. The fourth-order valence-corrected chi connectivity index (χ4v) is 5.10. The summed E-state index contributed by atoms with van der Waals surface area (Å²) in [5, 5.41) is 3.76. The van der Waals surface area contributed by atoms with Crippen molar-refractivity contribution in [3.05, 3.63) is 54.5 Å². The van der Waals surface area contributed by atoms with Crippen LogP contribution in [0.25, 0.3) is 0 Å². The van der Waals surface area contributed by atoms with Crippen LogP contribution in [-0.4, -0.2) is 65.1 Å². The van der Waals surface area contributed by atoms with E-state index in [2.05, 4.69) is 55.4 Å². The third-order valence-corrected chi connectivity index (χ3v) is 6.01. The van der Waals surface area contributed by atoms with Gasteiger partial charge in [-0.2, -0.15) is 0 Å². The highest BCUT2D eigenvalue weighted by molar-refractivity contribution is 5.41. The second-order valence-corrected chi connectivity index (χ2v) is 7.47. The van der Waals surface area contributed by atoms with Gasteiger partial charge in [-0.25, -0.2) is 4.98 Å². The number of hydrogen-bond donors (Lipinski definition) is 1. The van der Waals surface area contributed by atoms with Crippen molar-refractivity contribution in [1.82, 2.24) is 19.8 Å². The molecule has 3 unspecified atom stereocenters. The van der Waals surface area contributed by atoms with Crippen molar-refractivity contribution in [3.63, 3.8) is 0 Å². The second kappa shape index (κ2) is 5.53. The lowest BCUT2D eigenvalue weighted by Gasteiger charge is -2.56. The molecule has 1 aromatic heterocycles. The van der Waals surface area contributed by atoms with Gasteiger partial charge in [0, 0.05) is 69.0 Å². The molecular formula is C19H23N5. The predicted molar refractivity (Wildman–Crippen MR) is 93.9 cm³/mol. The Kier molecular flexibility index (Phi) is 3.31. The van der Waals surface area contributed by atoms with E-state index in [9.17, 15) is 0 Å². The first-order valence-corrected chi connectivity index (χ1v) is 8.86. The number of hydrogen-bond acceptors (Lipinski definition) is 5. The molecule has 0 amide bonds. The normalized spacial score (nSPS) is 37.2. The van der Waals surface area contributed by atoms with Crippen LogP contribution in [0.3, 0.4) is 0 Å². The van der Waals surface area contributed by atoms with Crippen LogP contribution in [0.5, 0.6) is 0 Å². The van der Waals surface area contributed by atoms with Crippen molar-refractivity contribution >= 4 is 5.82 Å². The first-order chi connectivity index (χ1) is 11.8. The van der Waals surface area contributed by atoms with Gasteiger partial charge in [-0.05, 0) is 5.56 Å². The lowest BCUT2D eigenvalue weighted by atomic mass is 9.64. The maximum Gasteiger partial charge on any atom is 0.144 e. The van der Waals surface area contributed by atoms with Crippen molar-refractivity contribution in [2.24, 2.45) is 5.92 Å². The largest absolute Gasteiger partial charge is 0.365 e. The smallest absolute Gasteiger partial charge is 0.144 e. The van der Waals surface area contributed by atoms with Gasteiger partial charge < -0.3 is 15.1 Å². The summed E-state index contributed by atoms with van der Waals surface area (Å²) >= 11 is 0. The molecule has 0 aliphatic carbocycles. The van der Waals surface area contributed by atoms with Crippen molar-refractivity contribution in [2.45, 2.75) is 11.5 Å². The van der Waals surface area contributed by atoms with Crippen LogP contribution in [-0.2, 0) is 5.41 Å². The number of benzene rings is 1. The average Bonchev–Trinajstić information content (AvgIpc) is 2.88. The summed E-state index contributed by atoms with van der Waals surface area (Å²) in [4.78, 5) is 14.0. The molecule has 5 heteroatoms. The zero-order valence-electron chi connectivity index (χ0n) is 13.8. The molecule has 4 bridgehead atoms. The first kappa shape index (κ1) is 14.4. The van der Waals surface area contributed by atoms with Crippen molar-refractivity contribution in [1.29, 1.82) is 0 Å². The maximum absolute atomic E-state index is 4.48. The Morgan fingerprint density at radius 1 is 1.00 bits per heavy atom. The highest BCUT2D eigenvalue weighted by Gasteiger charge is 2.55. The number of rotatable bonds is 3. The Balaban J connectivity index is 1.59. The van der Waals surface area contributed by atoms with Gasteiger partial charge in [0.1, 0.15) is 5.82 Å². The van der Waals surface area contributed by atoms with Crippen molar-refractivity contribution in [2.75, 3.05) is 44.6 Å². The predicted octanol–water partition coefficient (Wildman–Crippen LogP) is 1.46. The minimum Gasteiger partial charge on any atom is -0.365 e. The average molecular weight is 321 g/mol. The Labute approximate surface area is 142 Å². The molecule has 5 nitrogen and oxygen atoms in total. The zero-order chi connectivity index (χ0) is 16.0. The van der Waals surface area contributed by atoms with Gasteiger partial charge in [-0.1, -0.05) is 30.3 Å². The molecule has 4 fully saturated rings. The standard InChI is InChI=1S/C19H23N5/c1-2-4-16(5-3-1)19-13-23-8-9-24(14-19)12-15(11-23)18(19)22-17-10-20-6-7-21-17/h1-7,10,15,18H,8-9,11-14H2,(H,21,22). The third kappa shape index (κ3) is 2.23. The molecule has 0 radical (unpaired) electrons. The van der Waals surface area contributed by atoms with Crippen LogP contribution >= 0.6 is 0 Å². The summed E-state index contributed by atoms with van der Waals surface area (Å²) in [6.45, 7) is 7.02. The molecule has 4 aliphatic rings. The topological polar surface area (TPSA) is 44.3 Å². The summed E-state index contributed by atoms with van der Waals surface area (Å²) in [5.74, 6) is 1.52. The van der Waals surface area contributed by atoms with E-state index < -0.39 is 0 Å². The van der Waals surface area contributed by atoms with Gasteiger partial charge in [0.25, 0.3) is 0 Å². The fraction of sp³-hybridized carbons (Fsp3) is 0.474. The quantitative estimate of drug-likeness (QED) is 0.927. The molecule has 1 N–H and O–H groups in total. The van der Waals surface area contributed by atoms with E-state index in [0.29, 0.717) is 12.0 Å².